The third-order valence-electron chi connectivity index (χ3n) is 1.24. The van der Waals surface area contributed by atoms with Crippen molar-refractivity contribution in [3.8, 4) is 0 Å². The first-order valence-electron chi connectivity index (χ1n) is 2.98. The summed E-state index contributed by atoms with van der Waals surface area (Å²) in [6, 6.07) is 5.42. The van der Waals surface area contributed by atoms with Crippen LogP contribution in [0.15, 0.2) is 32.3 Å². The fraction of sp³-hybridized carbons (Fsp3) is 0. The van der Waals surface area contributed by atoms with E-state index in [9.17, 15) is 0 Å². The minimum Gasteiger partial charge on any atom is -0.410 e. The molecule has 2 nitrogen and oxygen atoms in total. The van der Waals surface area contributed by atoms with Crippen LogP contribution in [0.1, 0.15) is 5.56 Å². The maximum atomic E-state index is 8.42. The summed E-state index contributed by atoms with van der Waals surface area (Å²) >= 11 is 12.2. The van der Waals surface area contributed by atoms with E-state index in [-0.39, 0.29) is 5.17 Å². The molecule has 0 bridgehead atoms. The summed E-state index contributed by atoms with van der Waals surface area (Å²) in [6.07, 6.45) is 0. The lowest BCUT2D eigenvalue weighted by Crippen LogP contribution is -1.92. The van der Waals surface area contributed by atoms with Gasteiger partial charge in [0, 0.05) is 14.5 Å². The van der Waals surface area contributed by atoms with Gasteiger partial charge in [-0.3, -0.25) is 0 Å². The molecule has 0 fully saturated rings. The van der Waals surface area contributed by atoms with Crippen molar-refractivity contribution in [2.45, 2.75) is 0 Å². The van der Waals surface area contributed by atoms with Gasteiger partial charge in [0.2, 0.25) is 0 Å². The number of hydrogen-bond donors (Lipinski definition) is 1. The summed E-state index contributed by atoms with van der Waals surface area (Å²) in [5, 5.41) is 11.4. The quantitative estimate of drug-likeness (QED) is 0.480. The molecule has 0 radical (unpaired) electrons. The third-order valence-corrected chi connectivity index (χ3v) is 2.70. The van der Waals surface area contributed by atoms with Crippen LogP contribution in [0.3, 0.4) is 0 Å². The van der Waals surface area contributed by atoms with Crippen LogP contribution >= 0.6 is 43.5 Å². The van der Waals surface area contributed by atoms with E-state index in [2.05, 4.69) is 37.0 Å². The SMILES string of the molecule is O/N=C(\Cl)c1cc(Br)ccc1Br. The maximum absolute atomic E-state index is 8.42. The van der Waals surface area contributed by atoms with Crippen molar-refractivity contribution in [1.29, 1.82) is 0 Å². The Hall–Kier alpha value is -0.0600. The fourth-order valence-electron chi connectivity index (χ4n) is 0.709. The van der Waals surface area contributed by atoms with E-state index in [0.29, 0.717) is 5.56 Å². The first-order valence-corrected chi connectivity index (χ1v) is 4.94. The molecule has 0 heterocycles. The van der Waals surface area contributed by atoms with Crippen LogP contribution in [-0.2, 0) is 0 Å². The zero-order chi connectivity index (χ0) is 9.14. The molecular formula is C7H4Br2ClNO. The number of nitrogens with zero attached hydrogens (tertiary/aromatic N) is 1. The predicted octanol–water partition coefficient (Wildman–Crippen LogP) is 3.59. The van der Waals surface area contributed by atoms with Crippen molar-refractivity contribution in [3.63, 3.8) is 0 Å². The minimum absolute atomic E-state index is 0.0585. The molecule has 0 spiro atoms. The molecule has 12 heavy (non-hydrogen) atoms. The highest BCUT2D eigenvalue weighted by atomic mass is 79.9. The van der Waals surface area contributed by atoms with Crippen LogP contribution in [0.25, 0.3) is 0 Å². The van der Waals surface area contributed by atoms with Gasteiger partial charge in [0.05, 0.1) is 0 Å². The number of halogens is 3. The lowest BCUT2D eigenvalue weighted by Gasteiger charge is -2.00. The molecule has 0 atom stereocenters. The second-order valence-electron chi connectivity index (χ2n) is 2.01. The summed E-state index contributed by atoms with van der Waals surface area (Å²) < 4.78 is 1.66. The Morgan fingerprint density at radius 1 is 1.42 bits per heavy atom. The van der Waals surface area contributed by atoms with E-state index in [1.54, 1.807) is 6.07 Å². The maximum Gasteiger partial charge on any atom is 0.176 e. The summed E-state index contributed by atoms with van der Waals surface area (Å²) in [6.45, 7) is 0. The second kappa shape index (κ2) is 4.25. The van der Waals surface area contributed by atoms with Crippen LogP contribution in [0.2, 0.25) is 0 Å². The Kier molecular flexibility index (Phi) is 3.55. The van der Waals surface area contributed by atoms with Crippen molar-refractivity contribution in [3.05, 3.63) is 32.7 Å². The highest BCUT2D eigenvalue weighted by Crippen LogP contribution is 2.23. The van der Waals surface area contributed by atoms with Gasteiger partial charge < -0.3 is 5.21 Å². The van der Waals surface area contributed by atoms with Gasteiger partial charge >= 0.3 is 0 Å². The highest BCUT2D eigenvalue weighted by Gasteiger charge is 2.05. The lowest BCUT2D eigenvalue weighted by atomic mass is 10.2. The molecule has 5 heteroatoms. The summed E-state index contributed by atoms with van der Waals surface area (Å²) in [7, 11) is 0. The third kappa shape index (κ3) is 2.21. The van der Waals surface area contributed by atoms with Crippen LogP contribution in [0, 0.1) is 0 Å². The average Bonchev–Trinajstić information content (AvgIpc) is 2.08. The largest absolute Gasteiger partial charge is 0.410 e. The molecule has 64 valence electrons. The van der Waals surface area contributed by atoms with E-state index in [4.69, 9.17) is 16.8 Å². The zero-order valence-corrected chi connectivity index (χ0v) is 9.69. The highest BCUT2D eigenvalue weighted by molar-refractivity contribution is 9.11. The molecule has 1 aromatic rings. The molecule has 0 aromatic heterocycles. The summed E-state index contributed by atoms with van der Waals surface area (Å²) in [4.78, 5) is 0. The Morgan fingerprint density at radius 3 is 2.67 bits per heavy atom. The molecule has 1 N–H and O–H groups in total. The van der Waals surface area contributed by atoms with Gasteiger partial charge in [0.25, 0.3) is 0 Å². The first-order chi connectivity index (χ1) is 5.65. The van der Waals surface area contributed by atoms with Crippen LogP contribution in [0.4, 0.5) is 0 Å². The Labute approximate surface area is 91.5 Å². The smallest absolute Gasteiger partial charge is 0.176 e. The van der Waals surface area contributed by atoms with Gasteiger partial charge in [-0.15, -0.1) is 0 Å². The van der Waals surface area contributed by atoms with Crippen molar-refractivity contribution >= 4 is 48.6 Å². The van der Waals surface area contributed by atoms with E-state index in [0.717, 1.165) is 8.95 Å². The minimum atomic E-state index is 0.0585. The molecule has 1 aromatic carbocycles. The topological polar surface area (TPSA) is 32.6 Å². The second-order valence-corrected chi connectivity index (χ2v) is 4.14. The Balaban J connectivity index is 3.23. The fourth-order valence-corrected chi connectivity index (χ4v) is 1.78. The van der Waals surface area contributed by atoms with Crippen molar-refractivity contribution < 1.29 is 5.21 Å². The van der Waals surface area contributed by atoms with E-state index in [1.165, 1.54) is 0 Å². The molecule has 0 saturated carbocycles. The van der Waals surface area contributed by atoms with Crippen LogP contribution < -0.4 is 0 Å². The number of benzene rings is 1. The van der Waals surface area contributed by atoms with Gasteiger partial charge in [-0.25, -0.2) is 0 Å². The van der Waals surface area contributed by atoms with Crippen molar-refractivity contribution in [1.82, 2.24) is 0 Å². The standard InChI is InChI=1S/C7H4Br2ClNO/c8-4-1-2-6(9)5(3-4)7(10)11-12/h1-3,12H/b11-7-. The molecule has 0 aliphatic heterocycles. The summed E-state index contributed by atoms with van der Waals surface area (Å²) in [5.74, 6) is 0. The number of rotatable bonds is 1. The van der Waals surface area contributed by atoms with Gasteiger partial charge in [0.1, 0.15) is 0 Å². The van der Waals surface area contributed by atoms with E-state index < -0.39 is 0 Å². The van der Waals surface area contributed by atoms with Gasteiger partial charge in [0.15, 0.2) is 5.17 Å². The number of hydrogen-bond acceptors (Lipinski definition) is 2. The van der Waals surface area contributed by atoms with Gasteiger partial charge in [-0.05, 0) is 18.2 Å². The molecule has 0 unspecified atom stereocenters. The van der Waals surface area contributed by atoms with E-state index in [1.807, 2.05) is 12.1 Å². The lowest BCUT2D eigenvalue weighted by molar-refractivity contribution is 0.321. The first kappa shape index (κ1) is 10.0. The Bertz CT molecular complexity index is 327. The Morgan fingerprint density at radius 2 is 2.08 bits per heavy atom. The van der Waals surface area contributed by atoms with Gasteiger partial charge in [-0.1, -0.05) is 48.6 Å². The summed E-state index contributed by atoms with van der Waals surface area (Å²) in [5.41, 5.74) is 0.647. The zero-order valence-electron chi connectivity index (χ0n) is 5.76. The van der Waals surface area contributed by atoms with Crippen molar-refractivity contribution in [2.24, 2.45) is 5.16 Å². The van der Waals surface area contributed by atoms with Gasteiger partial charge in [-0.2, -0.15) is 0 Å². The van der Waals surface area contributed by atoms with Crippen molar-refractivity contribution in [2.75, 3.05) is 0 Å². The number of oxime groups is 1. The molecule has 0 saturated heterocycles. The van der Waals surface area contributed by atoms with Crippen LogP contribution in [-0.4, -0.2) is 10.4 Å². The average molecular weight is 313 g/mol. The normalized spacial score (nSPS) is 11.8. The molecular weight excluding hydrogens is 309 g/mol. The predicted molar refractivity (Wildman–Crippen MR) is 56.0 cm³/mol. The molecule has 0 amide bonds. The van der Waals surface area contributed by atoms with Crippen LogP contribution in [0.5, 0.6) is 0 Å². The molecule has 1 rings (SSSR count). The molecule has 0 aliphatic carbocycles. The van der Waals surface area contributed by atoms with E-state index >= 15 is 0 Å². The monoisotopic (exact) mass is 311 g/mol. The molecule has 0 aliphatic rings.